The van der Waals surface area contributed by atoms with Crippen molar-refractivity contribution in [2.75, 3.05) is 0 Å². The van der Waals surface area contributed by atoms with Gasteiger partial charge in [-0.15, -0.1) is 0 Å². The van der Waals surface area contributed by atoms with E-state index in [2.05, 4.69) is 4.98 Å². The van der Waals surface area contributed by atoms with Crippen molar-refractivity contribution in [2.45, 2.75) is 38.8 Å². The number of hydrogen-bond acceptors (Lipinski definition) is 1. The first kappa shape index (κ1) is 17.0. The SMILES string of the molecule is Cc1cccc(C(F)(F)F)c1Oc1ccc2[nH]cc(CC3CCC3)c2c1. The number of para-hydroxylation sites is 1. The number of H-pyrrole nitrogens is 1. The van der Waals surface area contributed by atoms with Crippen LogP contribution in [-0.2, 0) is 12.6 Å². The third-order valence-electron chi connectivity index (χ3n) is 5.21. The number of aromatic nitrogens is 1. The van der Waals surface area contributed by atoms with E-state index in [1.54, 1.807) is 19.1 Å². The van der Waals surface area contributed by atoms with Gasteiger partial charge in [-0.3, -0.25) is 0 Å². The zero-order valence-corrected chi connectivity index (χ0v) is 14.5. The van der Waals surface area contributed by atoms with Crippen molar-refractivity contribution in [1.82, 2.24) is 4.98 Å². The molecule has 0 amide bonds. The van der Waals surface area contributed by atoms with Crippen LogP contribution in [0, 0.1) is 12.8 Å². The van der Waals surface area contributed by atoms with E-state index in [9.17, 15) is 13.2 Å². The summed E-state index contributed by atoms with van der Waals surface area (Å²) in [6, 6.07) is 9.49. The lowest BCUT2D eigenvalue weighted by Crippen LogP contribution is -2.13. The van der Waals surface area contributed by atoms with Crippen molar-refractivity contribution in [3.63, 3.8) is 0 Å². The van der Waals surface area contributed by atoms with E-state index in [0.717, 1.165) is 23.4 Å². The van der Waals surface area contributed by atoms with Gasteiger partial charge >= 0.3 is 6.18 Å². The number of ether oxygens (including phenoxy) is 1. The van der Waals surface area contributed by atoms with Gasteiger partial charge in [0.25, 0.3) is 0 Å². The molecule has 3 aromatic rings. The Hall–Kier alpha value is -2.43. The molecule has 1 aromatic heterocycles. The van der Waals surface area contributed by atoms with E-state index in [4.69, 9.17) is 4.74 Å². The molecule has 1 heterocycles. The lowest BCUT2D eigenvalue weighted by atomic mass is 9.81. The Bertz CT molecular complexity index is 938. The molecular weight excluding hydrogens is 339 g/mol. The molecule has 0 unspecified atom stereocenters. The first-order valence-corrected chi connectivity index (χ1v) is 8.86. The fourth-order valence-corrected chi connectivity index (χ4v) is 3.53. The predicted octanol–water partition coefficient (Wildman–Crippen LogP) is 6.63. The van der Waals surface area contributed by atoms with Crippen molar-refractivity contribution in [3.8, 4) is 11.5 Å². The minimum absolute atomic E-state index is 0.129. The van der Waals surface area contributed by atoms with Crippen LogP contribution < -0.4 is 4.74 Å². The predicted molar refractivity (Wildman–Crippen MR) is 95.6 cm³/mol. The van der Waals surface area contributed by atoms with Gasteiger partial charge in [-0.05, 0) is 54.7 Å². The van der Waals surface area contributed by atoms with E-state index in [1.165, 1.54) is 30.9 Å². The van der Waals surface area contributed by atoms with Gasteiger partial charge in [0.15, 0.2) is 0 Å². The second kappa shape index (κ2) is 6.38. The number of rotatable bonds is 4. The van der Waals surface area contributed by atoms with Crippen molar-refractivity contribution >= 4 is 10.9 Å². The molecule has 1 fully saturated rings. The summed E-state index contributed by atoms with van der Waals surface area (Å²) >= 11 is 0. The molecule has 0 atom stereocenters. The molecule has 2 aromatic carbocycles. The molecule has 136 valence electrons. The van der Waals surface area contributed by atoms with E-state index in [-0.39, 0.29) is 5.75 Å². The molecule has 26 heavy (non-hydrogen) atoms. The largest absolute Gasteiger partial charge is 0.456 e. The fourth-order valence-electron chi connectivity index (χ4n) is 3.53. The Kier molecular flexibility index (Phi) is 4.17. The van der Waals surface area contributed by atoms with Crippen LogP contribution in [0.4, 0.5) is 13.2 Å². The van der Waals surface area contributed by atoms with Crippen LogP contribution in [0.3, 0.4) is 0 Å². The molecule has 0 radical (unpaired) electrons. The van der Waals surface area contributed by atoms with E-state index in [0.29, 0.717) is 17.2 Å². The maximum absolute atomic E-state index is 13.3. The number of nitrogens with one attached hydrogen (secondary N) is 1. The first-order valence-electron chi connectivity index (χ1n) is 8.86. The van der Waals surface area contributed by atoms with Gasteiger partial charge in [-0.2, -0.15) is 13.2 Å². The molecule has 0 saturated heterocycles. The van der Waals surface area contributed by atoms with Crippen molar-refractivity contribution in [2.24, 2.45) is 5.92 Å². The van der Waals surface area contributed by atoms with Crippen LogP contribution in [0.25, 0.3) is 10.9 Å². The second-order valence-corrected chi connectivity index (χ2v) is 7.07. The van der Waals surface area contributed by atoms with Gasteiger partial charge < -0.3 is 9.72 Å². The number of benzene rings is 2. The third-order valence-corrected chi connectivity index (χ3v) is 5.21. The van der Waals surface area contributed by atoms with Gasteiger partial charge in [-0.1, -0.05) is 31.4 Å². The molecule has 2 nitrogen and oxygen atoms in total. The molecule has 1 saturated carbocycles. The lowest BCUT2D eigenvalue weighted by Gasteiger charge is -2.24. The molecule has 4 rings (SSSR count). The maximum Gasteiger partial charge on any atom is 0.419 e. The van der Waals surface area contributed by atoms with E-state index < -0.39 is 11.7 Å². The highest BCUT2D eigenvalue weighted by Gasteiger charge is 2.35. The van der Waals surface area contributed by atoms with Crippen LogP contribution in [0.15, 0.2) is 42.6 Å². The molecule has 5 heteroatoms. The molecule has 0 aliphatic heterocycles. The summed E-state index contributed by atoms with van der Waals surface area (Å²) in [4.78, 5) is 3.24. The average Bonchev–Trinajstić information content (AvgIpc) is 2.94. The minimum atomic E-state index is -4.45. The zero-order valence-electron chi connectivity index (χ0n) is 14.5. The summed E-state index contributed by atoms with van der Waals surface area (Å²) in [6.07, 6.45) is 2.34. The highest BCUT2D eigenvalue weighted by molar-refractivity contribution is 5.84. The number of aromatic amines is 1. The van der Waals surface area contributed by atoms with E-state index >= 15 is 0 Å². The minimum Gasteiger partial charge on any atom is -0.456 e. The quantitative estimate of drug-likeness (QED) is 0.555. The van der Waals surface area contributed by atoms with Crippen LogP contribution in [0.2, 0.25) is 0 Å². The number of fused-ring (bicyclic) bond motifs is 1. The van der Waals surface area contributed by atoms with Crippen LogP contribution in [0.1, 0.15) is 36.0 Å². The highest BCUT2D eigenvalue weighted by Crippen LogP contribution is 2.40. The van der Waals surface area contributed by atoms with Crippen LogP contribution >= 0.6 is 0 Å². The number of halogens is 3. The standard InChI is InChI=1S/C21H20F3NO/c1-13-4-2-7-18(21(22,23)24)20(13)26-16-8-9-19-17(11-16)15(12-25-19)10-14-5-3-6-14/h2,4,7-9,11-12,14,25H,3,5-6,10H2,1H3. The van der Waals surface area contributed by atoms with E-state index in [1.807, 2.05) is 18.3 Å². The number of aryl methyl sites for hydroxylation is 1. The Morgan fingerprint density at radius 2 is 1.96 bits per heavy atom. The third kappa shape index (κ3) is 3.18. The Morgan fingerprint density at radius 3 is 2.65 bits per heavy atom. The Morgan fingerprint density at radius 1 is 1.15 bits per heavy atom. The molecule has 0 spiro atoms. The molecule has 0 bridgehead atoms. The van der Waals surface area contributed by atoms with Crippen LogP contribution in [0.5, 0.6) is 11.5 Å². The maximum atomic E-state index is 13.3. The van der Waals surface area contributed by atoms with Crippen molar-refractivity contribution < 1.29 is 17.9 Å². The average molecular weight is 359 g/mol. The van der Waals surface area contributed by atoms with Crippen molar-refractivity contribution in [3.05, 3.63) is 59.3 Å². The van der Waals surface area contributed by atoms with Gasteiger partial charge in [0.2, 0.25) is 0 Å². The molecule has 1 N–H and O–H groups in total. The summed E-state index contributed by atoms with van der Waals surface area (Å²) in [5, 5.41) is 1.02. The van der Waals surface area contributed by atoms with Gasteiger partial charge in [0.05, 0.1) is 5.56 Å². The summed E-state index contributed by atoms with van der Waals surface area (Å²) in [5.41, 5.74) is 1.90. The monoisotopic (exact) mass is 359 g/mol. The highest BCUT2D eigenvalue weighted by atomic mass is 19.4. The smallest absolute Gasteiger partial charge is 0.419 e. The van der Waals surface area contributed by atoms with Crippen LogP contribution in [-0.4, -0.2) is 4.98 Å². The summed E-state index contributed by atoms with van der Waals surface area (Å²) < 4.78 is 45.6. The van der Waals surface area contributed by atoms with Gasteiger partial charge in [0, 0.05) is 17.1 Å². The zero-order chi connectivity index (χ0) is 18.3. The molecule has 1 aliphatic rings. The number of alkyl halides is 3. The van der Waals surface area contributed by atoms with Gasteiger partial charge in [0.1, 0.15) is 11.5 Å². The summed E-state index contributed by atoms with van der Waals surface area (Å²) in [7, 11) is 0. The summed E-state index contributed by atoms with van der Waals surface area (Å²) in [5.74, 6) is 1.01. The number of hydrogen-bond donors (Lipinski definition) is 1. The first-order chi connectivity index (χ1) is 12.4. The Labute approximate surface area is 150 Å². The lowest BCUT2D eigenvalue weighted by molar-refractivity contribution is -0.138. The molecular formula is C21H20F3NO. The normalized spacial score (nSPS) is 15.2. The summed E-state index contributed by atoms with van der Waals surface area (Å²) in [6.45, 7) is 1.63. The Balaban J connectivity index is 1.69. The topological polar surface area (TPSA) is 25.0 Å². The fraction of sp³-hybridized carbons (Fsp3) is 0.333. The molecule has 1 aliphatic carbocycles. The van der Waals surface area contributed by atoms with Gasteiger partial charge in [-0.25, -0.2) is 0 Å². The second-order valence-electron chi connectivity index (χ2n) is 7.07. The van der Waals surface area contributed by atoms with Crippen molar-refractivity contribution in [1.29, 1.82) is 0 Å².